The van der Waals surface area contributed by atoms with Gasteiger partial charge in [0.05, 0.1) is 12.8 Å². The lowest BCUT2D eigenvalue weighted by Gasteiger charge is -2.13. The summed E-state index contributed by atoms with van der Waals surface area (Å²) in [5.74, 6) is 1.40. The quantitative estimate of drug-likeness (QED) is 0.582. The summed E-state index contributed by atoms with van der Waals surface area (Å²) in [6.07, 6.45) is 1.67. The van der Waals surface area contributed by atoms with Crippen molar-refractivity contribution < 1.29 is 19.1 Å². The number of ketones is 1. The summed E-state index contributed by atoms with van der Waals surface area (Å²) in [5.41, 5.74) is 1.11. The molecule has 0 spiro atoms. The highest BCUT2D eigenvalue weighted by Crippen LogP contribution is 2.29. The molecule has 3 rings (SSSR count). The van der Waals surface area contributed by atoms with Gasteiger partial charge in [0.25, 0.3) is 5.91 Å². The van der Waals surface area contributed by atoms with Crippen molar-refractivity contribution in [3.05, 3.63) is 59.9 Å². The third-order valence-corrected chi connectivity index (χ3v) is 4.54. The van der Waals surface area contributed by atoms with Crippen LogP contribution in [0, 0.1) is 0 Å². The van der Waals surface area contributed by atoms with Crippen LogP contribution in [-0.2, 0) is 10.2 Å². The fourth-order valence-electron chi connectivity index (χ4n) is 2.82. The number of carbonyl (C=O) groups is 2. The molecular weight excluding hydrogens is 396 g/mol. The van der Waals surface area contributed by atoms with Crippen LogP contribution in [0.15, 0.2) is 48.7 Å². The highest BCUT2D eigenvalue weighted by Gasteiger charge is 2.22. The van der Waals surface area contributed by atoms with Crippen molar-refractivity contribution in [2.45, 2.75) is 33.1 Å². The summed E-state index contributed by atoms with van der Waals surface area (Å²) in [5, 5.41) is 7.46. The Balaban J connectivity index is 1.78. The Labute approximate surface area is 181 Å². The molecule has 0 saturated carbocycles. The minimum Gasteiger partial charge on any atom is -0.493 e. The van der Waals surface area contributed by atoms with Gasteiger partial charge in [-0.2, -0.15) is 9.78 Å². The largest absolute Gasteiger partial charge is 0.493 e. The summed E-state index contributed by atoms with van der Waals surface area (Å²) in [7, 11) is 1.48. The third kappa shape index (κ3) is 5.28. The van der Waals surface area contributed by atoms with Crippen LogP contribution < -0.4 is 14.8 Å². The molecule has 2 aromatic heterocycles. The number of Topliss-reactive ketones (excluding diaryl/α,β-unsaturated/α-hetero) is 1. The van der Waals surface area contributed by atoms with Gasteiger partial charge >= 0.3 is 0 Å². The van der Waals surface area contributed by atoms with Crippen LogP contribution in [0.4, 0.5) is 5.82 Å². The first-order valence-corrected chi connectivity index (χ1v) is 9.82. The van der Waals surface area contributed by atoms with E-state index in [9.17, 15) is 9.59 Å². The minimum atomic E-state index is -0.366. The number of carbonyl (C=O) groups excluding carboxylic acids is 2. The highest BCUT2D eigenvalue weighted by atomic mass is 16.5. The summed E-state index contributed by atoms with van der Waals surface area (Å²) in [6.45, 7) is 7.37. The van der Waals surface area contributed by atoms with Gasteiger partial charge in [-0.25, -0.2) is 4.98 Å². The number of hydrogen-bond acceptors (Lipinski definition) is 6. The predicted molar refractivity (Wildman–Crippen MR) is 117 cm³/mol. The van der Waals surface area contributed by atoms with Crippen LogP contribution in [0.25, 0.3) is 5.82 Å². The number of anilines is 1. The Morgan fingerprint density at radius 1 is 1.10 bits per heavy atom. The van der Waals surface area contributed by atoms with E-state index in [0.29, 0.717) is 28.7 Å². The molecule has 1 amide bonds. The number of methoxy groups -OCH3 is 1. The lowest BCUT2D eigenvalue weighted by Crippen LogP contribution is -2.22. The van der Waals surface area contributed by atoms with Crippen molar-refractivity contribution in [2.75, 3.05) is 19.0 Å². The van der Waals surface area contributed by atoms with Gasteiger partial charge in [-0.3, -0.25) is 9.59 Å². The van der Waals surface area contributed by atoms with Crippen LogP contribution in [0.2, 0.25) is 0 Å². The molecule has 0 aliphatic carbocycles. The molecule has 31 heavy (non-hydrogen) atoms. The van der Waals surface area contributed by atoms with Crippen LogP contribution in [-0.4, -0.2) is 40.2 Å². The average Bonchev–Trinajstić information content (AvgIpc) is 3.17. The van der Waals surface area contributed by atoms with Crippen molar-refractivity contribution in [1.82, 2.24) is 14.8 Å². The van der Waals surface area contributed by atoms with E-state index in [0.717, 1.165) is 5.69 Å². The molecule has 0 aliphatic heterocycles. The van der Waals surface area contributed by atoms with E-state index < -0.39 is 0 Å². The van der Waals surface area contributed by atoms with Crippen molar-refractivity contribution in [3.8, 4) is 17.3 Å². The lowest BCUT2D eigenvalue weighted by atomic mass is 9.92. The normalized spacial score (nSPS) is 11.1. The van der Waals surface area contributed by atoms with Gasteiger partial charge in [0, 0.05) is 23.2 Å². The molecule has 0 aliphatic rings. The van der Waals surface area contributed by atoms with Gasteiger partial charge in [0.15, 0.2) is 29.7 Å². The molecule has 1 N–H and O–H groups in total. The second kappa shape index (κ2) is 8.99. The molecule has 8 heteroatoms. The van der Waals surface area contributed by atoms with Crippen LogP contribution in [0.1, 0.15) is 43.7 Å². The summed E-state index contributed by atoms with van der Waals surface area (Å²) in [6, 6.07) is 12.1. The molecule has 0 fully saturated rings. The first-order chi connectivity index (χ1) is 14.7. The molecule has 162 valence electrons. The second-order valence-corrected chi connectivity index (χ2v) is 8.02. The second-order valence-electron chi connectivity index (χ2n) is 8.02. The number of ether oxygens (including phenoxy) is 2. The van der Waals surface area contributed by atoms with E-state index in [4.69, 9.17) is 9.47 Å². The molecular formula is C23H26N4O4. The van der Waals surface area contributed by atoms with Crippen molar-refractivity contribution in [1.29, 1.82) is 0 Å². The minimum absolute atomic E-state index is 0.0833. The Morgan fingerprint density at radius 2 is 1.87 bits per heavy atom. The Hall–Kier alpha value is -3.68. The Kier molecular flexibility index (Phi) is 6.39. The predicted octanol–water partition coefficient (Wildman–Crippen LogP) is 3.79. The topological polar surface area (TPSA) is 95.3 Å². The van der Waals surface area contributed by atoms with Gasteiger partial charge in [0.2, 0.25) is 0 Å². The number of nitrogens with zero attached hydrogens (tertiary/aromatic N) is 3. The Bertz CT molecular complexity index is 1080. The number of amides is 1. The van der Waals surface area contributed by atoms with Crippen molar-refractivity contribution in [2.24, 2.45) is 0 Å². The maximum absolute atomic E-state index is 12.6. The van der Waals surface area contributed by atoms with E-state index in [2.05, 4.69) is 15.4 Å². The number of pyridine rings is 1. The summed E-state index contributed by atoms with van der Waals surface area (Å²) >= 11 is 0. The van der Waals surface area contributed by atoms with E-state index >= 15 is 0 Å². The molecule has 0 bridgehead atoms. The van der Waals surface area contributed by atoms with E-state index in [1.54, 1.807) is 29.1 Å². The SMILES string of the molecule is COc1cc(C(C)=O)ccc1OCC(=O)Nc1cc(C(C)(C)C)nn1-c1ccccn1. The summed E-state index contributed by atoms with van der Waals surface area (Å²) in [4.78, 5) is 28.5. The van der Waals surface area contributed by atoms with Crippen LogP contribution in [0.3, 0.4) is 0 Å². The van der Waals surface area contributed by atoms with Crippen LogP contribution >= 0.6 is 0 Å². The molecule has 0 atom stereocenters. The third-order valence-electron chi connectivity index (χ3n) is 4.54. The van der Waals surface area contributed by atoms with E-state index in [-0.39, 0.29) is 23.7 Å². The van der Waals surface area contributed by atoms with Crippen molar-refractivity contribution >= 4 is 17.5 Å². The maximum atomic E-state index is 12.6. The maximum Gasteiger partial charge on any atom is 0.263 e. The lowest BCUT2D eigenvalue weighted by molar-refractivity contribution is -0.118. The molecule has 0 radical (unpaired) electrons. The van der Waals surface area contributed by atoms with Gasteiger partial charge in [-0.05, 0) is 37.3 Å². The zero-order chi connectivity index (χ0) is 22.6. The zero-order valence-electron chi connectivity index (χ0n) is 18.3. The molecule has 8 nitrogen and oxygen atoms in total. The fraction of sp³-hybridized carbons (Fsp3) is 0.304. The first kappa shape index (κ1) is 22.0. The van der Waals surface area contributed by atoms with Crippen LogP contribution in [0.5, 0.6) is 11.5 Å². The molecule has 3 aromatic rings. The molecule has 0 saturated heterocycles. The average molecular weight is 422 g/mol. The highest BCUT2D eigenvalue weighted by molar-refractivity contribution is 5.95. The summed E-state index contributed by atoms with van der Waals surface area (Å²) < 4.78 is 12.5. The number of rotatable bonds is 7. The molecule has 1 aromatic carbocycles. The number of aromatic nitrogens is 3. The van der Waals surface area contributed by atoms with E-state index in [1.807, 2.05) is 45.0 Å². The van der Waals surface area contributed by atoms with Crippen molar-refractivity contribution in [3.63, 3.8) is 0 Å². The van der Waals surface area contributed by atoms with Gasteiger partial charge < -0.3 is 14.8 Å². The molecule has 2 heterocycles. The Morgan fingerprint density at radius 3 is 2.48 bits per heavy atom. The van der Waals surface area contributed by atoms with Gasteiger partial charge in [-0.1, -0.05) is 26.8 Å². The zero-order valence-corrected chi connectivity index (χ0v) is 18.3. The smallest absolute Gasteiger partial charge is 0.263 e. The van der Waals surface area contributed by atoms with Gasteiger partial charge in [-0.15, -0.1) is 0 Å². The molecule has 0 unspecified atom stereocenters. The number of benzene rings is 1. The standard InChI is InChI=1S/C23H26N4O4/c1-15(28)16-9-10-17(18(12-16)30-5)31-14-22(29)25-21-13-19(23(2,3)4)26-27(21)20-8-6-7-11-24-20/h6-13H,14H2,1-5H3,(H,25,29). The first-order valence-electron chi connectivity index (χ1n) is 9.82. The fourth-order valence-corrected chi connectivity index (χ4v) is 2.82. The van der Waals surface area contributed by atoms with Gasteiger partial charge in [0.1, 0.15) is 5.82 Å². The number of nitrogens with one attached hydrogen (secondary N) is 1. The number of hydrogen-bond donors (Lipinski definition) is 1. The monoisotopic (exact) mass is 422 g/mol. The van der Waals surface area contributed by atoms with E-state index in [1.165, 1.54) is 14.0 Å².